The van der Waals surface area contributed by atoms with E-state index in [-0.39, 0.29) is 11.5 Å². The maximum atomic E-state index is 10.8. The van der Waals surface area contributed by atoms with Gasteiger partial charge in [-0.25, -0.2) is 0 Å². The minimum atomic E-state index is -0.365. The summed E-state index contributed by atoms with van der Waals surface area (Å²) in [6, 6.07) is 1.98. The summed E-state index contributed by atoms with van der Waals surface area (Å²) in [4.78, 5) is 1.01. The molecule has 1 atom stereocenters. The molecule has 18 heavy (non-hydrogen) atoms. The van der Waals surface area contributed by atoms with Crippen LogP contribution in [0.4, 0.5) is 0 Å². The lowest BCUT2D eigenvalue weighted by Gasteiger charge is -2.35. The average molecular weight is 352 g/mol. The van der Waals surface area contributed by atoms with E-state index >= 15 is 0 Å². The largest absolute Gasteiger partial charge is 0.387 e. The molecule has 1 fully saturated rings. The maximum Gasteiger partial charge on any atom is 0.107 e. The minimum absolute atomic E-state index is 0.0712. The Labute approximate surface area is 127 Å². The molecule has 1 unspecified atom stereocenters. The molecular weight excluding hydrogens is 332 g/mol. The molecule has 0 saturated heterocycles. The minimum Gasteiger partial charge on any atom is -0.387 e. The van der Waals surface area contributed by atoms with E-state index in [1.54, 1.807) is 0 Å². The van der Waals surface area contributed by atoms with Gasteiger partial charge in [-0.3, -0.25) is 0 Å². The molecule has 1 aromatic heterocycles. The van der Waals surface area contributed by atoms with Crippen LogP contribution in [-0.2, 0) is 0 Å². The quantitative estimate of drug-likeness (QED) is 0.726. The van der Waals surface area contributed by atoms with Gasteiger partial charge in [0.15, 0.2) is 0 Å². The van der Waals surface area contributed by atoms with Gasteiger partial charge in [-0.15, -0.1) is 11.3 Å². The van der Waals surface area contributed by atoms with Gasteiger partial charge in [0, 0.05) is 14.8 Å². The van der Waals surface area contributed by atoms with Gasteiger partial charge in [-0.2, -0.15) is 0 Å². The van der Waals surface area contributed by atoms with Crippen LogP contribution in [0.15, 0.2) is 10.5 Å². The van der Waals surface area contributed by atoms with Crippen LogP contribution in [0.1, 0.15) is 56.9 Å². The smallest absolute Gasteiger partial charge is 0.107 e. The van der Waals surface area contributed by atoms with E-state index < -0.39 is 0 Å². The first kappa shape index (κ1) is 14.8. The Bertz CT molecular complexity index is 390. The van der Waals surface area contributed by atoms with Crippen LogP contribution in [0.3, 0.4) is 0 Å². The first-order valence-corrected chi connectivity index (χ1v) is 8.56. The molecule has 0 aliphatic heterocycles. The van der Waals surface area contributed by atoms with E-state index in [1.165, 1.54) is 24.2 Å². The molecule has 1 aromatic rings. The zero-order valence-corrected chi connectivity index (χ0v) is 14.0. The zero-order chi connectivity index (χ0) is 13.3. The Hall–Kier alpha value is 0.430. The zero-order valence-electron chi connectivity index (χ0n) is 10.9. The van der Waals surface area contributed by atoms with Gasteiger partial charge >= 0.3 is 0 Å². The second kappa shape index (κ2) is 5.82. The summed E-state index contributed by atoms with van der Waals surface area (Å²) >= 11 is 11.0. The lowest BCUT2D eigenvalue weighted by molar-refractivity contribution is 0.0137. The van der Waals surface area contributed by atoms with Crippen LogP contribution in [0.25, 0.3) is 0 Å². The number of thiophene rings is 1. The molecule has 1 aliphatic carbocycles. The van der Waals surface area contributed by atoms with Crippen LogP contribution >= 0.6 is 38.9 Å². The Balaban J connectivity index is 2.25. The molecule has 1 nitrogen and oxygen atoms in total. The Morgan fingerprint density at radius 3 is 2.50 bits per heavy atom. The summed E-state index contributed by atoms with van der Waals surface area (Å²) in [5, 5.41) is 10.8. The Kier molecular flexibility index (Phi) is 4.80. The summed E-state index contributed by atoms with van der Waals surface area (Å²) in [6.45, 7) is 4.48. The highest BCUT2D eigenvalue weighted by Crippen LogP contribution is 2.53. The molecule has 102 valence electrons. The maximum absolute atomic E-state index is 10.8. The predicted octanol–water partition coefficient (Wildman–Crippen LogP) is 5.80. The van der Waals surface area contributed by atoms with E-state index in [1.807, 2.05) is 6.07 Å². The van der Waals surface area contributed by atoms with Crippen molar-refractivity contribution in [2.24, 2.45) is 11.3 Å². The van der Waals surface area contributed by atoms with Crippen molar-refractivity contribution in [3.05, 3.63) is 19.8 Å². The second-order valence-electron chi connectivity index (χ2n) is 5.84. The van der Waals surface area contributed by atoms with Crippen molar-refractivity contribution >= 4 is 38.9 Å². The fourth-order valence-corrected chi connectivity index (χ4v) is 5.15. The monoisotopic (exact) mass is 350 g/mol. The molecule has 1 N–H and O–H groups in total. The second-order valence-corrected chi connectivity index (χ2v) is 8.38. The predicted molar refractivity (Wildman–Crippen MR) is 82.3 cm³/mol. The van der Waals surface area contributed by atoms with Crippen molar-refractivity contribution in [1.82, 2.24) is 0 Å². The molecule has 1 saturated carbocycles. The van der Waals surface area contributed by atoms with Crippen molar-refractivity contribution in [1.29, 1.82) is 0 Å². The van der Waals surface area contributed by atoms with Crippen molar-refractivity contribution < 1.29 is 5.11 Å². The van der Waals surface area contributed by atoms with Crippen LogP contribution in [0.2, 0.25) is 4.34 Å². The molecule has 0 bridgehead atoms. The fourth-order valence-electron chi connectivity index (χ4n) is 3.28. The molecule has 2 rings (SSSR count). The van der Waals surface area contributed by atoms with Gasteiger partial charge in [0.05, 0.1) is 6.10 Å². The van der Waals surface area contributed by atoms with Gasteiger partial charge in [-0.05, 0) is 47.2 Å². The van der Waals surface area contributed by atoms with E-state index in [0.717, 1.165) is 32.9 Å². The summed E-state index contributed by atoms with van der Waals surface area (Å²) in [6.07, 6.45) is 5.49. The number of rotatable bonds is 4. The number of hydrogen-bond acceptors (Lipinski definition) is 2. The third kappa shape index (κ3) is 2.95. The van der Waals surface area contributed by atoms with E-state index in [9.17, 15) is 5.11 Å². The van der Waals surface area contributed by atoms with Gasteiger partial charge in [0.1, 0.15) is 4.34 Å². The van der Waals surface area contributed by atoms with Gasteiger partial charge in [0.25, 0.3) is 0 Å². The van der Waals surface area contributed by atoms with Crippen LogP contribution in [0.5, 0.6) is 0 Å². The molecule has 0 spiro atoms. The standard InChI is InChI=1S/C14H20BrClOS/c1-9(2)8-14(5-3-4-6-14)12(17)11-7-10(15)13(16)18-11/h7,9,12,17H,3-6,8H2,1-2H3. The van der Waals surface area contributed by atoms with Gasteiger partial charge in [0.2, 0.25) is 0 Å². The molecule has 4 heteroatoms. The van der Waals surface area contributed by atoms with Crippen molar-refractivity contribution in [2.75, 3.05) is 0 Å². The Morgan fingerprint density at radius 1 is 1.44 bits per heavy atom. The van der Waals surface area contributed by atoms with Crippen LogP contribution in [-0.4, -0.2) is 5.11 Å². The van der Waals surface area contributed by atoms with Crippen LogP contribution < -0.4 is 0 Å². The highest BCUT2D eigenvalue weighted by molar-refractivity contribution is 9.10. The van der Waals surface area contributed by atoms with E-state index in [0.29, 0.717) is 5.92 Å². The molecule has 0 amide bonds. The number of hydrogen-bond donors (Lipinski definition) is 1. The normalized spacial score (nSPS) is 20.6. The summed E-state index contributed by atoms with van der Waals surface area (Å²) in [5.41, 5.74) is 0.0712. The first-order chi connectivity index (χ1) is 8.44. The highest BCUT2D eigenvalue weighted by atomic mass is 79.9. The summed E-state index contributed by atoms with van der Waals surface area (Å²) < 4.78 is 1.64. The van der Waals surface area contributed by atoms with Crippen molar-refractivity contribution in [2.45, 2.75) is 52.1 Å². The summed E-state index contributed by atoms with van der Waals surface area (Å²) in [7, 11) is 0. The average Bonchev–Trinajstić information content (AvgIpc) is 2.86. The van der Waals surface area contributed by atoms with Gasteiger partial charge in [-0.1, -0.05) is 38.3 Å². The number of aliphatic hydroxyl groups excluding tert-OH is 1. The first-order valence-electron chi connectivity index (χ1n) is 6.57. The fraction of sp³-hybridized carbons (Fsp3) is 0.714. The van der Waals surface area contributed by atoms with Crippen molar-refractivity contribution in [3.63, 3.8) is 0 Å². The van der Waals surface area contributed by atoms with Crippen LogP contribution in [0, 0.1) is 11.3 Å². The van der Waals surface area contributed by atoms with E-state index in [4.69, 9.17) is 11.6 Å². The van der Waals surface area contributed by atoms with E-state index in [2.05, 4.69) is 29.8 Å². The highest BCUT2D eigenvalue weighted by Gasteiger charge is 2.42. The Morgan fingerprint density at radius 2 is 2.06 bits per heavy atom. The van der Waals surface area contributed by atoms with Gasteiger partial charge < -0.3 is 5.11 Å². The van der Waals surface area contributed by atoms with Crippen molar-refractivity contribution in [3.8, 4) is 0 Å². The number of aliphatic hydroxyl groups is 1. The lowest BCUT2D eigenvalue weighted by Crippen LogP contribution is -2.27. The molecule has 0 radical (unpaired) electrons. The number of halogens is 2. The third-order valence-electron chi connectivity index (χ3n) is 3.93. The molecule has 1 heterocycles. The SMILES string of the molecule is CC(C)CC1(C(O)c2cc(Br)c(Cl)s2)CCCC1. The summed E-state index contributed by atoms with van der Waals surface area (Å²) in [5.74, 6) is 0.622. The third-order valence-corrected chi connectivity index (χ3v) is 6.46. The topological polar surface area (TPSA) is 20.2 Å². The molecule has 0 aromatic carbocycles. The molecular formula is C14H20BrClOS. The lowest BCUT2D eigenvalue weighted by atomic mass is 9.73. The molecule has 1 aliphatic rings.